The van der Waals surface area contributed by atoms with Crippen molar-refractivity contribution in [1.29, 1.82) is 0 Å². The molecule has 3 rings (SSSR count). The molecule has 1 aromatic heterocycles. The lowest BCUT2D eigenvalue weighted by Crippen LogP contribution is -2.24. The summed E-state index contributed by atoms with van der Waals surface area (Å²) in [4.78, 5) is 24.8. The molecule has 0 saturated carbocycles. The number of hydrogen-bond acceptors (Lipinski definition) is 5. The van der Waals surface area contributed by atoms with Crippen LogP contribution in [-0.2, 0) is 18.4 Å². The van der Waals surface area contributed by atoms with Crippen LogP contribution in [0.15, 0.2) is 35.5 Å². The zero-order chi connectivity index (χ0) is 23.4. The molecule has 0 fully saturated rings. The molecule has 0 radical (unpaired) electrons. The summed E-state index contributed by atoms with van der Waals surface area (Å²) in [6.07, 6.45) is 0. The van der Waals surface area contributed by atoms with Gasteiger partial charge in [-0.1, -0.05) is 35.0 Å². The molecule has 2 N–H and O–H groups in total. The van der Waals surface area contributed by atoms with Crippen LogP contribution in [0.2, 0.25) is 10.0 Å². The van der Waals surface area contributed by atoms with E-state index in [-0.39, 0.29) is 24.1 Å². The molecule has 0 bridgehead atoms. The number of aryl methyl sites for hydroxylation is 2. The van der Waals surface area contributed by atoms with Crippen molar-refractivity contribution in [3.05, 3.63) is 66.5 Å². The van der Waals surface area contributed by atoms with Gasteiger partial charge in [0.25, 0.3) is 5.91 Å². The third-order valence-corrected chi connectivity index (χ3v) is 6.99. The molecule has 2 aromatic carbocycles. The van der Waals surface area contributed by atoms with Crippen LogP contribution in [0.3, 0.4) is 0 Å². The maximum absolute atomic E-state index is 12.4. The Bertz CT molecular complexity index is 1160. The Hall–Kier alpha value is -1.82. The number of nitrogens with zero attached hydrogens (tertiary/aromatic N) is 3. The van der Waals surface area contributed by atoms with Crippen molar-refractivity contribution in [2.75, 3.05) is 11.1 Å². The van der Waals surface area contributed by atoms with Crippen molar-refractivity contribution in [3.63, 3.8) is 0 Å². The van der Waals surface area contributed by atoms with Crippen molar-refractivity contribution in [2.24, 2.45) is 7.05 Å². The normalized spacial score (nSPS) is 10.8. The Kier molecular flexibility index (Phi) is 8.43. The largest absolute Gasteiger partial charge is 0.345 e. The summed E-state index contributed by atoms with van der Waals surface area (Å²) in [5.74, 6) is 0.320. The molecule has 0 atom stereocenters. The van der Waals surface area contributed by atoms with E-state index < -0.39 is 0 Å². The SMILES string of the molecule is Cc1cc(I)cc(C)c1NC(=O)CSc1nnc(CNC(=O)c2ccc(Cl)c(Cl)c2)n1C. The van der Waals surface area contributed by atoms with Crippen LogP contribution in [0.1, 0.15) is 27.3 Å². The van der Waals surface area contributed by atoms with Crippen LogP contribution in [0.25, 0.3) is 0 Å². The second kappa shape index (κ2) is 10.9. The van der Waals surface area contributed by atoms with E-state index in [0.29, 0.717) is 26.6 Å². The molecule has 0 saturated heterocycles. The number of carbonyl (C=O) groups excluding carboxylic acids is 2. The van der Waals surface area contributed by atoms with Crippen LogP contribution < -0.4 is 10.6 Å². The van der Waals surface area contributed by atoms with Crippen molar-refractivity contribution < 1.29 is 9.59 Å². The van der Waals surface area contributed by atoms with Crippen molar-refractivity contribution >= 4 is 75.1 Å². The summed E-state index contributed by atoms with van der Waals surface area (Å²) >= 11 is 15.4. The lowest BCUT2D eigenvalue weighted by atomic mass is 10.1. The van der Waals surface area contributed by atoms with Gasteiger partial charge in [-0.05, 0) is 77.9 Å². The summed E-state index contributed by atoms with van der Waals surface area (Å²) in [6.45, 7) is 4.12. The minimum atomic E-state index is -0.302. The van der Waals surface area contributed by atoms with E-state index in [9.17, 15) is 9.59 Å². The Morgan fingerprint density at radius 1 is 1.09 bits per heavy atom. The minimum Gasteiger partial charge on any atom is -0.345 e. The second-order valence-electron chi connectivity index (χ2n) is 7.02. The van der Waals surface area contributed by atoms with E-state index in [1.807, 2.05) is 26.0 Å². The zero-order valence-electron chi connectivity index (χ0n) is 17.5. The first-order valence-electron chi connectivity index (χ1n) is 9.46. The van der Waals surface area contributed by atoms with E-state index in [0.717, 1.165) is 20.4 Å². The first-order valence-corrected chi connectivity index (χ1v) is 12.3. The summed E-state index contributed by atoms with van der Waals surface area (Å²) in [5.41, 5.74) is 3.27. The lowest BCUT2D eigenvalue weighted by Gasteiger charge is -2.12. The van der Waals surface area contributed by atoms with Gasteiger partial charge in [0, 0.05) is 21.9 Å². The number of nitrogens with one attached hydrogen (secondary N) is 2. The van der Waals surface area contributed by atoms with Gasteiger partial charge in [0.05, 0.1) is 22.3 Å². The summed E-state index contributed by atoms with van der Waals surface area (Å²) < 4.78 is 2.87. The molecule has 0 spiro atoms. The fourth-order valence-electron chi connectivity index (χ4n) is 2.94. The van der Waals surface area contributed by atoms with Crippen molar-refractivity contribution in [3.8, 4) is 0 Å². The highest BCUT2D eigenvalue weighted by Crippen LogP contribution is 2.24. The topological polar surface area (TPSA) is 88.9 Å². The van der Waals surface area contributed by atoms with E-state index in [1.165, 1.54) is 17.8 Å². The summed E-state index contributed by atoms with van der Waals surface area (Å²) in [5, 5.41) is 15.3. The first-order chi connectivity index (χ1) is 15.2. The number of benzene rings is 2. The number of amides is 2. The highest BCUT2D eigenvalue weighted by molar-refractivity contribution is 14.1. The molecule has 3 aromatic rings. The number of hydrogen-bond donors (Lipinski definition) is 2. The van der Waals surface area contributed by atoms with Crippen LogP contribution in [0.4, 0.5) is 5.69 Å². The fraction of sp³-hybridized carbons (Fsp3) is 0.238. The van der Waals surface area contributed by atoms with Crippen molar-refractivity contribution in [2.45, 2.75) is 25.5 Å². The molecular formula is C21H20Cl2IN5O2S. The molecular weight excluding hydrogens is 584 g/mol. The van der Waals surface area contributed by atoms with Gasteiger partial charge in [-0.2, -0.15) is 0 Å². The number of carbonyl (C=O) groups is 2. The molecule has 32 heavy (non-hydrogen) atoms. The van der Waals surface area contributed by atoms with Crippen LogP contribution in [-0.4, -0.2) is 32.3 Å². The number of halogens is 3. The van der Waals surface area contributed by atoms with Gasteiger partial charge in [-0.25, -0.2) is 0 Å². The molecule has 0 unspecified atom stereocenters. The van der Waals surface area contributed by atoms with E-state index in [2.05, 4.69) is 43.4 Å². The molecule has 0 aliphatic carbocycles. The third-order valence-electron chi connectivity index (χ3n) is 4.61. The average molecular weight is 604 g/mol. The molecule has 0 aliphatic rings. The minimum absolute atomic E-state index is 0.125. The average Bonchev–Trinajstić information content (AvgIpc) is 3.08. The van der Waals surface area contributed by atoms with Crippen LogP contribution >= 0.6 is 57.6 Å². The highest BCUT2D eigenvalue weighted by atomic mass is 127. The lowest BCUT2D eigenvalue weighted by molar-refractivity contribution is -0.113. The van der Waals surface area contributed by atoms with Gasteiger partial charge in [0.15, 0.2) is 11.0 Å². The predicted octanol–water partition coefficient (Wildman–Crippen LogP) is 5.00. The van der Waals surface area contributed by atoms with Crippen LogP contribution in [0.5, 0.6) is 0 Å². The fourth-order valence-corrected chi connectivity index (χ4v) is 4.90. The van der Waals surface area contributed by atoms with E-state index >= 15 is 0 Å². The predicted molar refractivity (Wildman–Crippen MR) is 137 cm³/mol. The Morgan fingerprint density at radius 3 is 2.44 bits per heavy atom. The second-order valence-corrected chi connectivity index (χ2v) is 10.0. The maximum Gasteiger partial charge on any atom is 0.251 e. The molecule has 2 amide bonds. The number of anilines is 1. The monoisotopic (exact) mass is 603 g/mol. The van der Waals surface area contributed by atoms with Crippen LogP contribution in [0, 0.1) is 17.4 Å². The molecule has 1 heterocycles. The molecule has 11 heteroatoms. The van der Waals surface area contributed by atoms with E-state index in [1.54, 1.807) is 23.7 Å². The standard InChI is InChI=1S/C21H20Cl2IN5O2S/c1-11-6-14(24)7-12(2)19(11)26-18(30)10-32-21-28-27-17(29(21)3)9-25-20(31)13-4-5-15(22)16(23)8-13/h4-8H,9-10H2,1-3H3,(H,25,31)(H,26,30). The highest BCUT2D eigenvalue weighted by Gasteiger charge is 2.15. The van der Waals surface area contributed by atoms with Crippen molar-refractivity contribution in [1.82, 2.24) is 20.1 Å². The van der Waals surface area contributed by atoms with E-state index in [4.69, 9.17) is 23.2 Å². The summed E-state index contributed by atoms with van der Waals surface area (Å²) in [7, 11) is 1.79. The van der Waals surface area contributed by atoms with Gasteiger partial charge in [-0.15, -0.1) is 10.2 Å². The Labute approximate surface area is 213 Å². The molecule has 7 nitrogen and oxygen atoms in total. The Balaban J connectivity index is 1.56. The zero-order valence-corrected chi connectivity index (χ0v) is 22.0. The number of rotatable bonds is 7. The smallest absolute Gasteiger partial charge is 0.251 e. The summed E-state index contributed by atoms with van der Waals surface area (Å²) in [6, 6.07) is 8.72. The van der Waals surface area contributed by atoms with Gasteiger partial charge in [0.1, 0.15) is 0 Å². The third kappa shape index (κ3) is 6.15. The quantitative estimate of drug-likeness (QED) is 0.293. The van der Waals surface area contributed by atoms with Gasteiger partial charge in [0.2, 0.25) is 5.91 Å². The molecule has 168 valence electrons. The van der Waals surface area contributed by atoms with Gasteiger partial charge in [-0.3, -0.25) is 9.59 Å². The van der Waals surface area contributed by atoms with Gasteiger partial charge >= 0.3 is 0 Å². The van der Waals surface area contributed by atoms with Gasteiger partial charge < -0.3 is 15.2 Å². The number of aromatic nitrogens is 3. The maximum atomic E-state index is 12.4. The first kappa shape index (κ1) is 24.8. The number of thioether (sulfide) groups is 1. The molecule has 0 aliphatic heterocycles. The Morgan fingerprint density at radius 2 is 1.78 bits per heavy atom.